The van der Waals surface area contributed by atoms with E-state index in [-0.39, 0.29) is 22.7 Å². The molecule has 0 saturated heterocycles. The van der Waals surface area contributed by atoms with E-state index in [0.29, 0.717) is 18.3 Å². The Morgan fingerprint density at radius 2 is 2.04 bits per heavy atom. The Labute approximate surface area is 138 Å². The van der Waals surface area contributed by atoms with Crippen molar-refractivity contribution in [2.75, 3.05) is 0 Å². The fourth-order valence-electron chi connectivity index (χ4n) is 7.80. The first-order valence-electron chi connectivity index (χ1n) is 9.16. The fourth-order valence-corrected chi connectivity index (χ4v) is 7.80. The van der Waals surface area contributed by atoms with Gasteiger partial charge in [-0.15, -0.1) is 0 Å². The van der Waals surface area contributed by atoms with Gasteiger partial charge in [0.25, 0.3) is 0 Å². The predicted molar refractivity (Wildman–Crippen MR) is 87.8 cm³/mol. The lowest BCUT2D eigenvalue weighted by atomic mass is 9.53. The van der Waals surface area contributed by atoms with Crippen LogP contribution in [0.25, 0.3) is 0 Å². The zero-order valence-electron chi connectivity index (χ0n) is 14.3. The highest BCUT2D eigenvalue weighted by Gasteiger charge is 2.73. The third-order valence-electron chi connectivity index (χ3n) is 8.52. The number of carbonyl (C=O) groups is 2. The number of rotatable bonds is 2. The van der Waals surface area contributed by atoms with Crippen molar-refractivity contribution < 1.29 is 14.7 Å². The molecule has 7 atom stereocenters. The van der Waals surface area contributed by atoms with Crippen molar-refractivity contribution in [3.8, 4) is 0 Å². The summed E-state index contributed by atoms with van der Waals surface area (Å²) in [6.07, 6.45) is 8.25. The first-order valence-corrected chi connectivity index (χ1v) is 9.16. The molecule has 0 aromatic carbocycles. The molecule has 4 fully saturated rings. The highest BCUT2D eigenvalue weighted by atomic mass is 16.4. The number of aldehydes is 1. The number of hydrogen-bond acceptors (Lipinski definition) is 2. The molecule has 0 amide bonds. The van der Waals surface area contributed by atoms with Crippen molar-refractivity contribution in [1.82, 2.24) is 0 Å². The zero-order chi connectivity index (χ0) is 16.6. The molecule has 126 valence electrons. The van der Waals surface area contributed by atoms with E-state index >= 15 is 0 Å². The maximum Gasteiger partial charge on any atom is 0.309 e. The van der Waals surface area contributed by atoms with Crippen LogP contribution in [0.5, 0.6) is 0 Å². The molecule has 0 aromatic rings. The standard InChI is InChI=1S/C20H28O3/c1-12-9-20-10-13(12)5-6-15(20)18(2)7-4-8-19(3,17(22)23)16(18)14(20)11-21/h11,13-16H,1,4-10H2,2-3H3,(H,22,23)/t13-,14?,15+,16?,18+,19-,20-/m1/s1. The van der Waals surface area contributed by atoms with Crippen molar-refractivity contribution in [2.24, 2.45) is 39.9 Å². The molecule has 2 unspecified atom stereocenters. The summed E-state index contributed by atoms with van der Waals surface area (Å²) in [5.41, 5.74) is 0.553. The molecule has 23 heavy (non-hydrogen) atoms. The Hall–Kier alpha value is -1.12. The van der Waals surface area contributed by atoms with Gasteiger partial charge in [0.15, 0.2) is 0 Å². The summed E-state index contributed by atoms with van der Waals surface area (Å²) in [5, 5.41) is 9.99. The van der Waals surface area contributed by atoms with Crippen LogP contribution < -0.4 is 0 Å². The Kier molecular flexibility index (Phi) is 3.01. The minimum absolute atomic E-state index is 0.00220. The maximum atomic E-state index is 12.2. The number of carbonyl (C=O) groups excluding carboxylic acids is 1. The number of carboxylic acids is 1. The van der Waals surface area contributed by atoms with E-state index in [1.54, 1.807) is 0 Å². The molecule has 0 aromatic heterocycles. The van der Waals surface area contributed by atoms with Gasteiger partial charge in [-0.3, -0.25) is 4.79 Å². The van der Waals surface area contributed by atoms with E-state index in [0.717, 1.165) is 38.4 Å². The van der Waals surface area contributed by atoms with Crippen molar-refractivity contribution >= 4 is 12.3 Å². The molecule has 4 aliphatic carbocycles. The van der Waals surface area contributed by atoms with Crippen LogP contribution in [0.1, 0.15) is 58.8 Å². The monoisotopic (exact) mass is 316 g/mol. The van der Waals surface area contributed by atoms with Crippen molar-refractivity contribution in [1.29, 1.82) is 0 Å². The van der Waals surface area contributed by atoms with E-state index in [4.69, 9.17) is 0 Å². The molecule has 2 bridgehead atoms. The fraction of sp³-hybridized carbons (Fsp3) is 0.800. The smallest absolute Gasteiger partial charge is 0.309 e. The Morgan fingerprint density at radius 1 is 1.30 bits per heavy atom. The molecule has 4 saturated carbocycles. The van der Waals surface area contributed by atoms with Gasteiger partial charge in [-0.1, -0.05) is 25.5 Å². The molecule has 3 heteroatoms. The van der Waals surface area contributed by atoms with Gasteiger partial charge in [-0.05, 0) is 74.0 Å². The van der Waals surface area contributed by atoms with Gasteiger partial charge in [0.1, 0.15) is 6.29 Å². The van der Waals surface area contributed by atoms with Crippen LogP contribution in [0.3, 0.4) is 0 Å². The van der Waals surface area contributed by atoms with Gasteiger partial charge in [-0.25, -0.2) is 0 Å². The second-order valence-electron chi connectivity index (χ2n) is 9.32. The third-order valence-corrected chi connectivity index (χ3v) is 8.52. The third kappa shape index (κ3) is 1.62. The number of allylic oxidation sites excluding steroid dienone is 1. The second kappa shape index (κ2) is 4.49. The van der Waals surface area contributed by atoms with Gasteiger partial charge < -0.3 is 9.90 Å². The largest absolute Gasteiger partial charge is 0.481 e. The van der Waals surface area contributed by atoms with E-state index in [2.05, 4.69) is 13.5 Å². The number of carboxylic acid groups (broad SMARTS) is 1. The van der Waals surface area contributed by atoms with E-state index < -0.39 is 11.4 Å². The van der Waals surface area contributed by atoms with Crippen LogP contribution in [0, 0.1) is 39.9 Å². The Morgan fingerprint density at radius 3 is 2.70 bits per heavy atom. The van der Waals surface area contributed by atoms with Crippen molar-refractivity contribution in [3.63, 3.8) is 0 Å². The lowest BCUT2D eigenvalue weighted by Gasteiger charge is -2.50. The first-order chi connectivity index (χ1) is 10.8. The van der Waals surface area contributed by atoms with Crippen LogP contribution in [0.4, 0.5) is 0 Å². The highest BCUT2D eigenvalue weighted by Crippen LogP contribution is 2.77. The summed E-state index contributed by atoms with van der Waals surface area (Å²) in [7, 11) is 0. The molecular weight excluding hydrogens is 288 g/mol. The normalized spacial score (nSPS) is 54.4. The van der Waals surface area contributed by atoms with Gasteiger partial charge in [0, 0.05) is 5.92 Å². The molecule has 1 spiro atoms. The lowest BCUT2D eigenvalue weighted by Crippen LogP contribution is -2.49. The topological polar surface area (TPSA) is 54.4 Å². The predicted octanol–water partition coefficient (Wildman–Crippen LogP) is 4.08. The second-order valence-corrected chi connectivity index (χ2v) is 9.32. The van der Waals surface area contributed by atoms with E-state index in [1.165, 1.54) is 12.0 Å². The van der Waals surface area contributed by atoms with Crippen molar-refractivity contribution in [3.05, 3.63) is 12.2 Å². The number of fused-ring (bicyclic) bond motifs is 3. The summed E-state index contributed by atoms with van der Waals surface area (Å²) in [6.45, 7) is 8.51. The lowest BCUT2D eigenvalue weighted by molar-refractivity contribution is -0.161. The molecule has 4 rings (SSSR count). The zero-order valence-corrected chi connectivity index (χ0v) is 14.3. The molecule has 4 aliphatic rings. The van der Waals surface area contributed by atoms with Crippen LogP contribution in [0.2, 0.25) is 0 Å². The quantitative estimate of drug-likeness (QED) is 0.617. The minimum Gasteiger partial charge on any atom is -0.481 e. The van der Waals surface area contributed by atoms with E-state index in [1.807, 2.05) is 6.92 Å². The van der Waals surface area contributed by atoms with Gasteiger partial charge in [-0.2, -0.15) is 0 Å². The summed E-state index contributed by atoms with van der Waals surface area (Å²) in [4.78, 5) is 24.4. The molecule has 3 nitrogen and oxygen atoms in total. The number of hydrogen-bond donors (Lipinski definition) is 1. The minimum atomic E-state index is -0.760. The van der Waals surface area contributed by atoms with Gasteiger partial charge >= 0.3 is 5.97 Å². The Balaban J connectivity index is 1.90. The average Bonchev–Trinajstić information content (AvgIpc) is 2.87. The SMILES string of the molecule is C=C1C[C@]23C[C@H]1CC[C@H]2[C@]1(C)CCC[C@@](C)(C(=O)O)C1C3C=O. The number of aliphatic carboxylic acids is 1. The summed E-state index contributed by atoms with van der Waals surface area (Å²) < 4.78 is 0. The van der Waals surface area contributed by atoms with E-state index in [9.17, 15) is 14.7 Å². The summed E-state index contributed by atoms with van der Waals surface area (Å²) in [6, 6.07) is 0. The molecule has 1 N–H and O–H groups in total. The van der Waals surface area contributed by atoms with Crippen molar-refractivity contribution in [2.45, 2.75) is 58.8 Å². The maximum absolute atomic E-state index is 12.2. The Bertz CT molecular complexity index is 596. The van der Waals surface area contributed by atoms with Crippen LogP contribution in [-0.4, -0.2) is 17.4 Å². The van der Waals surface area contributed by atoms with Crippen LogP contribution in [-0.2, 0) is 9.59 Å². The van der Waals surface area contributed by atoms with Gasteiger partial charge in [0.05, 0.1) is 5.41 Å². The molecule has 0 radical (unpaired) electrons. The highest BCUT2D eigenvalue weighted by molar-refractivity contribution is 5.76. The molecule has 0 aliphatic heterocycles. The van der Waals surface area contributed by atoms with Crippen LogP contribution >= 0.6 is 0 Å². The van der Waals surface area contributed by atoms with Gasteiger partial charge in [0.2, 0.25) is 0 Å². The average molecular weight is 316 g/mol. The summed E-state index contributed by atoms with van der Waals surface area (Å²) in [5.74, 6) is 0.219. The first kappa shape index (κ1) is 15.4. The summed E-state index contributed by atoms with van der Waals surface area (Å²) >= 11 is 0. The molecule has 0 heterocycles. The molecular formula is C20H28O3. The van der Waals surface area contributed by atoms with Crippen LogP contribution in [0.15, 0.2) is 12.2 Å².